The average molecular weight is 262 g/mol. The van der Waals surface area contributed by atoms with Crippen molar-refractivity contribution < 1.29 is 4.39 Å². The molecule has 2 rings (SSSR count). The van der Waals surface area contributed by atoms with Gasteiger partial charge in [-0.2, -0.15) is 0 Å². The second-order valence-electron chi connectivity index (χ2n) is 4.85. The van der Waals surface area contributed by atoms with Crippen molar-refractivity contribution in [3.63, 3.8) is 0 Å². The minimum Gasteiger partial charge on any atom is -0.319 e. The van der Waals surface area contributed by atoms with E-state index in [1.165, 1.54) is 6.07 Å². The van der Waals surface area contributed by atoms with Crippen LogP contribution in [0, 0.1) is 11.7 Å². The molecule has 1 atom stereocenters. The van der Waals surface area contributed by atoms with Crippen LogP contribution in [0.1, 0.15) is 11.3 Å². The van der Waals surface area contributed by atoms with Crippen LogP contribution >= 0.6 is 0 Å². The fourth-order valence-electron chi connectivity index (χ4n) is 2.29. The van der Waals surface area contributed by atoms with E-state index in [0.717, 1.165) is 30.6 Å². The van der Waals surface area contributed by atoms with Crippen molar-refractivity contribution in [1.29, 1.82) is 0 Å². The zero-order chi connectivity index (χ0) is 13.7. The molecule has 0 aliphatic rings. The maximum absolute atomic E-state index is 13.2. The van der Waals surface area contributed by atoms with Gasteiger partial charge < -0.3 is 5.32 Å². The topological polar surface area (TPSA) is 42.7 Å². The molecule has 0 bridgehead atoms. The number of aryl methyl sites for hydroxylation is 1. The molecule has 0 radical (unpaired) electrons. The summed E-state index contributed by atoms with van der Waals surface area (Å²) in [7, 11) is 3.78. The lowest BCUT2D eigenvalue weighted by atomic mass is 9.95. The third-order valence-electron chi connectivity index (χ3n) is 3.05. The first-order valence-corrected chi connectivity index (χ1v) is 6.41. The predicted molar refractivity (Wildman–Crippen MR) is 72.2 cm³/mol. The molecule has 0 aliphatic carbocycles. The highest BCUT2D eigenvalue weighted by atomic mass is 19.1. The molecule has 0 aliphatic heterocycles. The first-order valence-electron chi connectivity index (χ1n) is 6.41. The summed E-state index contributed by atoms with van der Waals surface area (Å²) in [6, 6.07) is 6.78. The maximum Gasteiger partial charge on any atom is 0.123 e. The molecular formula is C14H19FN4. The van der Waals surface area contributed by atoms with Crippen LogP contribution in [-0.4, -0.2) is 28.6 Å². The third kappa shape index (κ3) is 4.13. The van der Waals surface area contributed by atoms with Gasteiger partial charge in [0.2, 0.25) is 0 Å². The largest absolute Gasteiger partial charge is 0.319 e. The minimum atomic E-state index is -0.180. The Balaban J connectivity index is 2.03. The summed E-state index contributed by atoms with van der Waals surface area (Å²) in [5.41, 5.74) is 1.99. The summed E-state index contributed by atoms with van der Waals surface area (Å²) in [6.07, 6.45) is 3.59. The van der Waals surface area contributed by atoms with Gasteiger partial charge in [0.25, 0.3) is 0 Å². The summed E-state index contributed by atoms with van der Waals surface area (Å²) in [5, 5.41) is 11.2. The molecule has 1 heterocycles. The normalized spacial score (nSPS) is 12.6. The summed E-state index contributed by atoms with van der Waals surface area (Å²) in [6.45, 7) is 0.868. The molecule has 0 saturated carbocycles. The number of nitrogens with zero attached hydrogens (tertiary/aromatic N) is 3. The van der Waals surface area contributed by atoms with Crippen molar-refractivity contribution >= 4 is 0 Å². The third-order valence-corrected chi connectivity index (χ3v) is 3.05. The van der Waals surface area contributed by atoms with Crippen molar-refractivity contribution in [2.45, 2.75) is 12.8 Å². The van der Waals surface area contributed by atoms with E-state index in [2.05, 4.69) is 15.6 Å². The van der Waals surface area contributed by atoms with Gasteiger partial charge in [-0.15, -0.1) is 5.10 Å². The SMILES string of the molecule is CNCC(Cc1cccc(F)c1)Cc1cn(C)nn1. The zero-order valence-electron chi connectivity index (χ0n) is 11.3. The lowest BCUT2D eigenvalue weighted by Crippen LogP contribution is -2.23. The number of benzene rings is 1. The van der Waals surface area contributed by atoms with Gasteiger partial charge >= 0.3 is 0 Å². The van der Waals surface area contributed by atoms with Crippen LogP contribution < -0.4 is 5.32 Å². The van der Waals surface area contributed by atoms with E-state index in [4.69, 9.17) is 0 Å². The second-order valence-corrected chi connectivity index (χ2v) is 4.85. The highest BCUT2D eigenvalue weighted by Gasteiger charge is 2.12. The molecule has 1 unspecified atom stereocenters. The second kappa shape index (κ2) is 6.43. The van der Waals surface area contributed by atoms with E-state index >= 15 is 0 Å². The van der Waals surface area contributed by atoms with Crippen LogP contribution in [-0.2, 0) is 19.9 Å². The smallest absolute Gasteiger partial charge is 0.123 e. The molecule has 4 nitrogen and oxygen atoms in total. The summed E-state index contributed by atoms with van der Waals surface area (Å²) >= 11 is 0. The van der Waals surface area contributed by atoms with E-state index in [9.17, 15) is 4.39 Å². The molecular weight excluding hydrogens is 243 g/mol. The number of hydrogen-bond donors (Lipinski definition) is 1. The van der Waals surface area contributed by atoms with Gasteiger partial charge in [0.1, 0.15) is 5.82 Å². The number of nitrogens with one attached hydrogen (secondary N) is 1. The Morgan fingerprint density at radius 1 is 1.37 bits per heavy atom. The van der Waals surface area contributed by atoms with E-state index in [1.807, 2.05) is 26.4 Å². The summed E-state index contributed by atoms with van der Waals surface area (Å²) < 4.78 is 14.9. The molecule has 102 valence electrons. The molecule has 1 N–H and O–H groups in total. The van der Waals surface area contributed by atoms with Crippen LogP contribution in [0.4, 0.5) is 4.39 Å². The Morgan fingerprint density at radius 2 is 2.21 bits per heavy atom. The van der Waals surface area contributed by atoms with E-state index in [0.29, 0.717) is 5.92 Å². The van der Waals surface area contributed by atoms with Gasteiger partial charge in [-0.3, -0.25) is 4.68 Å². The lowest BCUT2D eigenvalue weighted by Gasteiger charge is -2.15. The standard InChI is InChI=1S/C14H19FN4/c1-16-9-12(8-14-10-19(2)18-17-14)6-11-4-3-5-13(15)7-11/h3-5,7,10,12,16H,6,8-9H2,1-2H3. The summed E-state index contributed by atoms with van der Waals surface area (Å²) in [5.74, 6) is 0.198. The van der Waals surface area contributed by atoms with Gasteiger partial charge in [-0.05, 0) is 50.0 Å². The van der Waals surface area contributed by atoms with Crippen molar-refractivity contribution in [2.24, 2.45) is 13.0 Å². The first-order chi connectivity index (χ1) is 9.17. The number of halogens is 1. The number of aromatic nitrogens is 3. The lowest BCUT2D eigenvalue weighted by molar-refractivity contribution is 0.486. The molecule has 0 spiro atoms. The Bertz CT molecular complexity index is 524. The molecule has 19 heavy (non-hydrogen) atoms. The van der Waals surface area contributed by atoms with E-state index in [-0.39, 0.29) is 5.82 Å². The molecule has 5 heteroatoms. The zero-order valence-corrected chi connectivity index (χ0v) is 11.3. The van der Waals surface area contributed by atoms with Crippen LogP contribution in [0.3, 0.4) is 0 Å². The Kier molecular flexibility index (Phi) is 4.63. The van der Waals surface area contributed by atoms with E-state index < -0.39 is 0 Å². The Morgan fingerprint density at radius 3 is 2.84 bits per heavy atom. The fourth-order valence-corrected chi connectivity index (χ4v) is 2.29. The highest BCUT2D eigenvalue weighted by molar-refractivity contribution is 5.17. The van der Waals surface area contributed by atoms with Crippen LogP contribution in [0.25, 0.3) is 0 Å². The maximum atomic E-state index is 13.2. The molecule has 2 aromatic rings. The molecule has 1 aromatic heterocycles. The molecule has 0 saturated heterocycles. The number of rotatable bonds is 6. The van der Waals surface area contributed by atoms with Gasteiger partial charge in [-0.25, -0.2) is 4.39 Å². The average Bonchev–Trinajstić information content (AvgIpc) is 2.75. The van der Waals surface area contributed by atoms with Crippen molar-refractivity contribution in [3.05, 3.63) is 47.5 Å². The fraction of sp³-hybridized carbons (Fsp3) is 0.429. The molecule has 0 fully saturated rings. The predicted octanol–water partition coefficient (Wildman–Crippen LogP) is 1.57. The summed E-state index contributed by atoms with van der Waals surface area (Å²) in [4.78, 5) is 0. The monoisotopic (exact) mass is 262 g/mol. The minimum absolute atomic E-state index is 0.180. The highest BCUT2D eigenvalue weighted by Crippen LogP contribution is 2.14. The van der Waals surface area contributed by atoms with Gasteiger partial charge in [0.05, 0.1) is 5.69 Å². The molecule has 1 aromatic carbocycles. The van der Waals surface area contributed by atoms with Crippen LogP contribution in [0.15, 0.2) is 30.5 Å². The Labute approximate surface area is 112 Å². The first kappa shape index (κ1) is 13.7. The number of hydrogen-bond acceptors (Lipinski definition) is 3. The van der Waals surface area contributed by atoms with Crippen molar-refractivity contribution in [1.82, 2.24) is 20.3 Å². The van der Waals surface area contributed by atoms with Gasteiger partial charge in [-0.1, -0.05) is 17.3 Å². The van der Waals surface area contributed by atoms with Crippen LogP contribution in [0.2, 0.25) is 0 Å². The van der Waals surface area contributed by atoms with E-state index in [1.54, 1.807) is 16.8 Å². The Hall–Kier alpha value is -1.75. The van der Waals surface area contributed by atoms with Gasteiger partial charge in [0.15, 0.2) is 0 Å². The van der Waals surface area contributed by atoms with Crippen LogP contribution in [0.5, 0.6) is 0 Å². The van der Waals surface area contributed by atoms with Crippen molar-refractivity contribution in [3.8, 4) is 0 Å². The van der Waals surface area contributed by atoms with Crippen molar-refractivity contribution in [2.75, 3.05) is 13.6 Å². The molecule has 0 amide bonds. The van der Waals surface area contributed by atoms with Gasteiger partial charge in [0, 0.05) is 13.2 Å². The quantitative estimate of drug-likeness (QED) is 0.859.